The summed E-state index contributed by atoms with van der Waals surface area (Å²) in [4.78, 5) is 7.61. The molecule has 7 nitrogen and oxygen atoms in total. The molecule has 0 radical (unpaired) electrons. The Balaban J connectivity index is 1.56. The second-order valence-electron chi connectivity index (χ2n) is 8.35. The molecule has 0 spiro atoms. The van der Waals surface area contributed by atoms with Gasteiger partial charge in [-0.15, -0.1) is 0 Å². The molecule has 0 amide bonds. The monoisotopic (exact) mass is 390 g/mol. The van der Waals surface area contributed by atoms with E-state index >= 15 is 0 Å². The fraction of sp³-hybridized carbons (Fsp3) is 0.810. The highest BCUT2D eigenvalue weighted by atomic mass is 16.5. The van der Waals surface area contributed by atoms with Crippen molar-refractivity contribution in [3.05, 3.63) is 18.0 Å². The van der Waals surface area contributed by atoms with E-state index in [0.717, 1.165) is 65.0 Å². The van der Waals surface area contributed by atoms with E-state index in [4.69, 9.17) is 9.73 Å². The van der Waals surface area contributed by atoms with Crippen LogP contribution in [0.25, 0.3) is 0 Å². The van der Waals surface area contributed by atoms with Crippen molar-refractivity contribution in [3.63, 3.8) is 0 Å². The average Bonchev–Trinajstić information content (AvgIpc) is 3.13. The van der Waals surface area contributed by atoms with Gasteiger partial charge in [-0.3, -0.25) is 14.6 Å². The Morgan fingerprint density at radius 1 is 1.21 bits per heavy atom. The van der Waals surface area contributed by atoms with E-state index in [1.807, 2.05) is 10.9 Å². The number of morpholine rings is 1. The van der Waals surface area contributed by atoms with Crippen LogP contribution in [0.1, 0.15) is 44.6 Å². The number of hydrogen-bond donors (Lipinski definition) is 2. The summed E-state index contributed by atoms with van der Waals surface area (Å²) in [5, 5.41) is 11.2. The number of aliphatic imine (C=N–C) groups is 1. The zero-order valence-corrected chi connectivity index (χ0v) is 17.8. The summed E-state index contributed by atoms with van der Waals surface area (Å²) < 4.78 is 7.52. The molecule has 1 aromatic heterocycles. The minimum absolute atomic E-state index is 0.317. The quantitative estimate of drug-likeness (QED) is 0.525. The van der Waals surface area contributed by atoms with Gasteiger partial charge in [0.15, 0.2) is 5.96 Å². The van der Waals surface area contributed by atoms with Crippen LogP contribution in [0.5, 0.6) is 0 Å². The lowest BCUT2D eigenvalue weighted by Crippen LogP contribution is -2.47. The fourth-order valence-corrected chi connectivity index (χ4v) is 4.37. The van der Waals surface area contributed by atoms with Gasteiger partial charge in [-0.2, -0.15) is 5.10 Å². The molecule has 28 heavy (non-hydrogen) atoms. The molecule has 0 atom stereocenters. The molecule has 2 N–H and O–H groups in total. The summed E-state index contributed by atoms with van der Waals surface area (Å²) in [7, 11) is 0. The molecular weight excluding hydrogens is 352 g/mol. The Labute approximate surface area is 169 Å². The molecule has 1 saturated carbocycles. The number of nitrogens with zero attached hydrogens (tertiary/aromatic N) is 4. The van der Waals surface area contributed by atoms with Crippen molar-refractivity contribution >= 4 is 5.96 Å². The second-order valence-corrected chi connectivity index (χ2v) is 8.35. The van der Waals surface area contributed by atoms with Crippen LogP contribution < -0.4 is 10.6 Å². The van der Waals surface area contributed by atoms with E-state index < -0.39 is 0 Å². The Bertz CT molecular complexity index is 602. The molecule has 1 aliphatic carbocycles. The second kappa shape index (κ2) is 10.8. The molecule has 1 aliphatic heterocycles. The smallest absolute Gasteiger partial charge is 0.191 e. The van der Waals surface area contributed by atoms with Gasteiger partial charge in [0.2, 0.25) is 0 Å². The summed E-state index contributed by atoms with van der Waals surface area (Å²) in [5.41, 5.74) is 1.51. The highest BCUT2D eigenvalue weighted by molar-refractivity contribution is 5.79. The van der Waals surface area contributed by atoms with Gasteiger partial charge >= 0.3 is 0 Å². The van der Waals surface area contributed by atoms with Crippen molar-refractivity contribution in [3.8, 4) is 0 Å². The van der Waals surface area contributed by atoms with Crippen molar-refractivity contribution in [2.75, 3.05) is 52.5 Å². The average molecular weight is 391 g/mol. The first-order valence-corrected chi connectivity index (χ1v) is 11.0. The van der Waals surface area contributed by atoms with E-state index in [2.05, 4.69) is 40.7 Å². The molecular formula is C21H38N6O. The van der Waals surface area contributed by atoms with Crippen LogP contribution in [0, 0.1) is 12.3 Å². The lowest BCUT2D eigenvalue weighted by Gasteiger charge is -2.41. The van der Waals surface area contributed by atoms with Crippen LogP contribution in [0.15, 0.2) is 17.4 Å². The lowest BCUT2D eigenvalue weighted by atomic mass is 9.73. The van der Waals surface area contributed by atoms with Crippen molar-refractivity contribution in [1.29, 1.82) is 0 Å². The maximum atomic E-state index is 5.54. The Kier molecular flexibility index (Phi) is 8.15. The third-order valence-corrected chi connectivity index (χ3v) is 5.89. The van der Waals surface area contributed by atoms with Crippen LogP contribution >= 0.6 is 0 Å². The molecule has 158 valence electrons. The van der Waals surface area contributed by atoms with E-state index in [-0.39, 0.29) is 0 Å². The molecule has 1 saturated heterocycles. The van der Waals surface area contributed by atoms with Crippen molar-refractivity contribution in [2.24, 2.45) is 10.4 Å². The number of aryl methyl sites for hydroxylation is 1. The van der Waals surface area contributed by atoms with Crippen LogP contribution in [0.3, 0.4) is 0 Å². The summed E-state index contributed by atoms with van der Waals surface area (Å²) in [6, 6.07) is 0. The molecule has 0 aromatic carbocycles. The molecule has 1 aromatic rings. The van der Waals surface area contributed by atoms with Crippen LogP contribution in [-0.2, 0) is 11.3 Å². The molecule has 0 unspecified atom stereocenters. The highest BCUT2D eigenvalue weighted by Crippen LogP contribution is 2.37. The first kappa shape index (κ1) is 21.1. The van der Waals surface area contributed by atoms with Gasteiger partial charge in [-0.1, -0.05) is 19.3 Å². The predicted octanol–water partition coefficient (Wildman–Crippen LogP) is 2.03. The van der Waals surface area contributed by atoms with Gasteiger partial charge in [-0.05, 0) is 32.3 Å². The van der Waals surface area contributed by atoms with Crippen molar-refractivity contribution in [2.45, 2.75) is 52.5 Å². The zero-order valence-electron chi connectivity index (χ0n) is 17.8. The number of aromatic nitrogens is 2. The first-order valence-electron chi connectivity index (χ1n) is 11.0. The molecule has 2 heterocycles. The molecule has 2 aliphatic rings. The summed E-state index contributed by atoms with van der Waals surface area (Å²) >= 11 is 0. The van der Waals surface area contributed by atoms with Gasteiger partial charge in [0.1, 0.15) is 0 Å². The van der Waals surface area contributed by atoms with Gasteiger partial charge < -0.3 is 15.4 Å². The highest BCUT2D eigenvalue weighted by Gasteiger charge is 2.34. The minimum Gasteiger partial charge on any atom is -0.379 e. The topological polar surface area (TPSA) is 66.7 Å². The molecule has 0 bridgehead atoms. The summed E-state index contributed by atoms with van der Waals surface area (Å²) in [6.07, 6.45) is 10.6. The van der Waals surface area contributed by atoms with E-state index in [9.17, 15) is 0 Å². The number of nitrogens with one attached hydrogen (secondary N) is 2. The maximum Gasteiger partial charge on any atom is 0.191 e. The lowest BCUT2D eigenvalue weighted by molar-refractivity contribution is 0.00937. The third-order valence-electron chi connectivity index (χ3n) is 5.89. The third kappa shape index (κ3) is 6.48. The predicted molar refractivity (Wildman–Crippen MR) is 114 cm³/mol. The Morgan fingerprint density at radius 2 is 2.00 bits per heavy atom. The number of hydrogen-bond acceptors (Lipinski definition) is 4. The Morgan fingerprint density at radius 3 is 2.68 bits per heavy atom. The van der Waals surface area contributed by atoms with Gasteiger partial charge in [0.25, 0.3) is 0 Å². The van der Waals surface area contributed by atoms with Crippen LogP contribution in [0.4, 0.5) is 0 Å². The number of rotatable bonds is 8. The number of ether oxygens (including phenoxy) is 1. The van der Waals surface area contributed by atoms with E-state index in [1.165, 1.54) is 37.7 Å². The standard InChI is InChI=1S/C21H38N6O/c1-3-22-20(23-9-10-27-16-19(2)15-25-27)24-17-21(7-5-4-6-8-21)18-26-11-13-28-14-12-26/h15-16H,3-14,17-18H2,1-2H3,(H2,22,23,24). The van der Waals surface area contributed by atoms with Gasteiger partial charge in [-0.25, -0.2) is 0 Å². The normalized spacial score (nSPS) is 20.9. The Hall–Kier alpha value is -1.60. The maximum absolute atomic E-state index is 5.54. The van der Waals surface area contributed by atoms with Gasteiger partial charge in [0, 0.05) is 50.9 Å². The number of guanidine groups is 1. The molecule has 2 fully saturated rings. The molecule has 3 rings (SSSR count). The van der Waals surface area contributed by atoms with Crippen LogP contribution in [-0.4, -0.2) is 73.1 Å². The van der Waals surface area contributed by atoms with E-state index in [0.29, 0.717) is 5.41 Å². The van der Waals surface area contributed by atoms with Crippen molar-refractivity contribution < 1.29 is 4.74 Å². The van der Waals surface area contributed by atoms with Crippen LogP contribution in [0.2, 0.25) is 0 Å². The minimum atomic E-state index is 0.317. The fourth-order valence-electron chi connectivity index (χ4n) is 4.37. The first-order chi connectivity index (χ1) is 13.7. The summed E-state index contributed by atoms with van der Waals surface area (Å²) in [6.45, 7) is 12.7. The van der Waals surface area contributed by atoms with E-state index in [1.54, 1.807) is 0 Å². The zero-order chi connectivity index (χ0) is 19.7. The molecule has 7 heteroatoms. The van der Waals surface area contributed by atoms with Crippen molar-refractivity contribution in [1.82, 2.24) is 25.3 Å². The largest absolute Gasteiger partial charge is 0.379 e. The van der Waals surface area contributed by atoms with Gasteiger partial charge in [0.05, 0.1) is 26.0 Å². The summed E-state index contributed by atoms with van der Waals surface area (Å²) in [5.74, 6) is 0.929. The SMILES string of the molecule is CCNC(=NCC1(CN2CCOCC2)CCCCC1)NCCn1cc(C)cn1.